The summed E-state index contributed by atoms with van der Waals surface area (Å²) in [6.45, 7) is 2.36. The second-order valence-electron chi connectivity index (χ2n) is 3.69. The normalized spacial score (nSPS) is 12.4. The van der Waals surface area contributed by atoms with Crippen molar-refractivity contribution in [3.8, 4) is 5.75 Å². The van der Waals surface area contributed by atoms with Crippen molar-refractivity contribution in [3.63, 3.8) is 0 Å². The zero-order valence-electron chi connectivity index (χ0n) is 9.39. The van der Waals surface area contributed by atoms with Gasteiger partial charge in [0.2, 0.25) is 0 Å². The Kier molecular flexibility index (Phi) is 3.99. The highest BCUT2D eigenvalue weighted by Gasteiger charge is 2.06. The molecule has 0 spiro atoms. The van der Waals surface area contributed by atoms with Crippen LogP contribution in [0, 0.1) is 0 Å². The topological polar surface area (TPSA) is 48.1 Å². The summed E-state index contributed by atoms with van der Waals surface area (Å²) < 4.78 is 5.59. The third-order valence-corrected chi connectivity index (χ3v) is 3.36. The van der Waals surface area contributed by atoms with Crippen molar-refractivity contribution in [2.24, 2.45) is 5.73 Å². The fourth-order valence-electron chi connectivity index (χ4n) is 1.38. The van der Waals surface area contributed by atoms with E-state index in [9.17, 15) is 0 Å². The molecule has 2 rings (SSSR count). The maximum absolute atomic E-state index is 6.12. The molecule has 1 aromatic heterocycles. The monoisotopic (exact) mass is 268 g/mol. The largest absolute Gasteiger partial charge is 0.485 e. The number of nitrogens with two attached hydrogens (primary N) is 1. The molecule has 1 atom stereocenters. The number of nitrogens with zero attached hydrogens (tertiary/aromatic N) is 1. The lowest BCUT2D eigenvalue weighted by Gasteiger charge is -2.10. The molecule has 0 bridgehead atoms. The molecule has 1 aromatic carbocycles. The Labute approximate surface area is 109 Å². The number of thiazole rings is 1. The molecule has 0 fully saturated rings. The van der Waals surface area contributed by atoms with E-state index in [2.05, 4.69) is 4.98 Å². The first kappa shape index (κ1) is 12.4. The second-order valence-corrected chi connectivity index (χ2v) is 5.08. The minimum absolute atomic E-state index is 0.0273. The molecule has 1 heterocycles. The van der Waals surface area contributed by atoms with Crippen LogP contribution in [0.15, 0.2) is 29.8 Å². The van der Waals surface area contributed by atoms with Gasteiger partial charge in [0.25, 0.3) is 0 Å². The van der Waals surface area contributed by atoms with Crippen molar-refractivity contribution in [3.05, 3.63) is 45.4 Å². The van der Waals surface area contributed by atoms with E-state index in [0.717, 1.165) is 10.6 Å². The van der Waals surface area contributed by atoms with Gasteiger partial charge in [0.1, 0.15) is 17.4 Å². The smallest absolute Gasteiger partial charge is 0.140 e. The van der Waals surface area contributed by atoms with Crippen LogP contribution in [0.1, 0.15) is 23.5 Å². The predicted molar refractivity (Wildman–Crippen MR) is 70.5 cm³/mol. The van der Waals surface area contributed by atoms with Crippen molar-refractivity contribution in [1.82, 2.24) is 4.98 Å². The summed E-state index contributed by atoms with van der Waals surface area (Å²) in [7, 11) is 0. The first-order chi connectivity index (χ1) is 8.16. The molecule has 0 saturated heterocycles. The molecular weight excluding hydrogens is 256 g/mol. The van der Waals surface area contributed by atoms with Gasteiger partial charge in [0.05, 0.1) is 5.02 Å². The molecule has 0 saturated carbocycles. The number of halogens is 1. The Morgan fingerprint density at radius 2 is 2.35 bits per heavy atom. The van der Waals surface area contributed by atoms with E-state index in [1.165, 1.54) is 0 Å². The molecular formula is C12H13ClN2OS. The molecule has 90 valence electrons. The average molecular weight is 269 g/mol. The maximum Gasteiger partial charge on any atom is 0.140 e. The Bertz CT molecular complexity index is 485. The summed E-state index contributed by atoms with van der Waals surface area (Å²) in [6, 6.07) is 5.58. The zero-order valence-corrected chi connectivity index (χ0v) is 11.0. The lowest BCUT2D eigenvalue weighted by Crippen LogP contribution is -2.05. The number of ether oxygens (including phenoxy) is 1. The van der Waals surface area contributed by atoms with E-state index in [1.807, 2.05) is 30.5 Å². The molecule has 5 heteroatoms. The van der Waals surface area contributed by atoms with Crippen molar-refractivity contribution in [2.45, 2.75) is 19.6 Å². The molecule has 0 unspecified atom stereocenters. The molecule has 0 amide bonds. The van der Waals surface area contributed by atoms with Crippen LogP contribution < -0.4 is 10.5 Å². The molecule has 0 aliphatic rings. The summed E-state index contributed by atoms with van der Waals surface area (Å²) in [5.74, 6) is 0.659. The molecule has 0 aliphatic carbocycles. The predicted octanol–water partition coefficient (Wildman–Crippen LogP) is 3.40. The Balaban J connectivity index is 2.06. The van der Waals surface area contributed by atoms with Gasteiger partial charge in [0, 0.05) is 17.6 Å². The van der Waals surface area contributed by atoms with Gasteiger partial charge in [-0.2, -0.15) is 0 Å². The van der Waals surface area contributed by atoms with Crippen LogP contribution in [0.25, 0.3) is 0 Å². The number of rotatable bonds is 4. The summed E-state index contributed by atoms with van der Waals surface area (Å²) in [5.41, 5.74) is 6.77. The van der Waals surface area contributed by atoms with E-state index in [4.69, 9.17) is 22.1 Å². The molecule has 2 aromatic rings. The van der Waals surface area contributed by atoms with Gasteiger partial charge in [0.15, 0.2) is 0 Å². The van der Waals surface area contributed by atoms with Gasteiger partial charge in [-0.3, -0.25) is 0 Å². The van der Waals surface area contributed by atoms with Gasteiger partial charge >= 0.3 is 0 Å². The summed E-state index contributed by atoms with van der Waals surface area (Å²) >= 11 is 7.67. The van der Waals surface area contributed by atoms with Crippen LogP contribution in [0.5, 0.6) is 5.75 Å². The third kappa shape index (κ3) is 3.19. The maximum atomic E-state index is 6.12. The van der Waals surface area contributed by atoms with Crippen molar-refractivity contribution in [2.75, 3.05) is 0 Å². The lowest BCUT2D eigenvalue weighted by molar-refractivity contribution is 0.305. The van der Waals surface area contributed by atoms with Crippen LogP contribution in [0.3, 0.4) is 0 Å². The average Bonchev–Trinajstić information content (AvgIpc) is 2.80. The van der Waals surface area contributed by atoms with E-state index in [1.54, 1.807) is 17.5 Å². The van der Waals surface area contributed by atoms with Crippen LogP contribution >= 0.6 is 22.9 Å². The number of aromatic nitrogens is 1. The lowest BCUT2D eigenvalue weighted by atomic mass is 10.1. The highest BCUT2D eigenvalue weighted by molar-refractivity contribution is 7.09. The van der Waals surface area contributed by atoms with Gasteiger partial charge in [-0.05, 0) is 24.6 Å². The Hall–Kier alpha value is -1.10. The van der Waals surface area contributed by atoms with Crippen LogP contribution in [0.4, 0.5) is 0 Å². The quantitative estimate of drug-likeness (QED) is 0.925. The SMILES string of the molecule is C[C@@H](N)c1ccc(OCc2nccs2)c(Cl)c1. The standard InChI is InChI=1S/C12H13ClN2OS/c1-8(14)9-2-3-11(10(13)6-9)16-7-12-15-4-5-17-12/h2-6,8H,7,14H2,1H3/t8-/m1/s1. The van der Waals surface area contributed by atoms with Gasteiger partial charge in [-0.15, -0.1) is 11.3 Å². The molecule has 0 radical (unpaired) electrons. The van der Waals surface area contributed by atoms with Crippen LogP contribution in [-0.4, -0.2) is 4.98 Å². The van der Waals surface area contributed by atoms with Crippen molar-refractivity contribution >= 4 is 22.9 Å². The van der Waals surface area contributed by atoms with E-state index in [-0.39, 0.29) is 6.04 Å². The van der Waals surface area contributed by atoms with Gasteiger partial charge in [-0.25, -0.2) is 4.98 Å². The number of hydrogen-bond acceptors (Lipinski definition) is 4. The highest BCUT2D eigenvalue weighted by atomic mass is 35.5. The van der Waals surface area contributed by atoms with Gasteiger partial charge < -0.3 is 10.5 Å². The fourth-order valence-corrected chi connectivity index (χ4v) is 2.15. The van der Waals surface area contributed by atoms with E-state index < -0.39 is 0 Å². The Morgan fingerprint density at radius 1 is 1.53 bits per heavy atom. The third-order valence-electron chi connectivity index (χ3n) is 2.32. The van der Waals surface area contributed by atoms with Crippen LogP contribution in [0.2, 0.25) is 5.02 Å². The number of benzene rings is 1. The van der Waals surface area contributed by atoms with E-state index in [0.29, 0.717) is 17.4 Å². The molecule has 0 aliphatic heterocycles. The summed E-state index contributed by atoms with van der Waals surface area (Å²) in [6.07, 6.45) is 1.75. The second kappa shape index (κ2) is 5.49. The summed E-state index contributed by atoms with van der Waals surface area (Å²) in [4.78, 5) is 4.14. The zero-order chi connectivity index (χ0) is 12.3. The van der Waals surface area contributed by atoms with E-state index >= 15 is 0 Å². The van der Waals surface area contributed by atoms with Crippen molar-refractivity contribution in [1.29, 1.82) is 0 Å². The fraction of sp³-hybridized carbons (Fsp3) is 0.250. The summed E-state index contributed by atoms with van der Waals surface area (Å²) in [5, 5.41) is 3.42. The van der Waals surface area contributed by atoms with Crippen molar-refractivity contribution < 1.29 is 4.74 Å². The molecule has 2 N–H and O–H groups in total. The molecule has 3 nitrogen and oxygen atoms in total. The molecule has 17 heavy (non-hydrogen) atoms. The first-order valence-corrected chi connectivity index (χ1v) is 6.49. The minimum atomic E-state index is -0.0273. The van der Waals surface area contributed by atoms with Crippen LogP contribution in [-0.2, 0) is 6.61 Å². The number of hydrogen-bond donors (Lipinski definition) is 1. The van der Waals surface area contributed by atoms with Gasteiger partial charge in [-0.1, -0.05) is 17.7 Å². The Morgan fingerprint density at radius 3 is 2.94 bits per heavy atom. The minimum Gasteiger partial charge on any atom is -0.485 e. The highest BCUT2D eigenvalue weighted by Crippen LogP contribution is 2.28. The first-order valence-electron chi connectivity index (χ1n) is 5.23.